The Kier molecular flexibility index (Phi) is 3.20. The number of hydrogen-bond donors (Lipinski definition) is 1. The Labute approximate surface area is 85.8 Å². The van der Waals surface area contributed by atoms with Gasteiger partial charge in [-0.1, -0.05) is 36.8 Å². The van der Waals surface area contributed by atoms with Crippen LogP contribution in [-0.4, -0.2) is 11.7 Å². The standard InChI is InChI=1S/C13H18O/c14-10-9-13(12-7-4-8-12)11-5-2-1-3-6-11/h1-3,5-6,12-14H,4,7-10H2. The molecule has 1 saturated carbocycles. The van der Waals surface area contributed by atoms with Crippen molar-refractivity contribution in [1.29, 1.82) is 0 Å². The van der Waals surface area contributed by atoms with E-state index in [0.717, 1.165) is 12.3 Å². The van der Waals surface area contributed by atoms with Crippen molar-refractivity contribution < 1.29 is 5.11 Å². The normalized spacial score (nSPS) is 18.9. The van der Waals surface area contributed by atoms with Gasteiger partial charge in [-0.05, 0) is 36.7 Å². The quantitative estimate of drug-likeness (QED) is 0.774. The van der Waals surface area contributed by atoms with Crippen LogP contribution >= 0.6 is 0 Å². The summed E-state index contributed by atoms with van der Waals surface area (Å²) in [5.74, 6) is 1.42. The maximum absolute atomic E-state index is 9.07. The Hall–Kier alpha value is -0.820. The number of rotatable bonds is 4. The van der Waals surface area contributed by atoms with Crippen molar-refractivity contribution in [2.24, 2.45) is 5.92 Å². The fraction of sp³-hybridized carbons (Fsp3) is 0.538. The van der Waals surface area contributed by atoms with Crippen molar-refractivity contribution >= 4 is 0 Å². The molecule has 0 heterocycles. The van der Waals surface area contributed by atoms with E-state index in [1.807, 2.05) is 0 Å². The Morgan fingerprint density at radius 3 is 2.43 bits per heavy atom. The lowest BCUT2D eigenvalue weighted by atomic mass is 9.72. The molecule has 0 saturated heterocycles. The van der Waals surface area contributed by atoms with Gasteiger partial charge in [0.05, 0.1) is 0 Å². The zero-order valence-electron chi connectivity index (χ0n) is 8.52. The molecule has 0 amide bonds. The molecule has 1 aromatic carbocycles. The summed E-state index contributed by atoms with van der Waals surface area (Å²) >= 11 is 0. The van der Waals surface area contributed by atoms with Crippen LogP contribution in [0.5, 0.6) is 0 Å². The molecule has 0 spiro atoms. The van der Waals surface area contributed by atoms with Crippen LogP contribution in [0.25, 0.3) is 0 Å². The Bertz CT molecular complexity index is 264. The van der Waals surface area contributed by atoms with Gasteiger partial charge in [0, 0.05) is 6.61 Å². The first-order valence-electron chi connectivity index (χ1n) is 5.57. The molecule has 0 aliphatic heterocycles. The van der Waals surface area contributed by atoms with Crippen LogP contribution in [0.4, 0.5) is 0 Å². The second-order valence-corrected chi connectivity index (χ2v) is 4.22. The molecule has 2 rings (SSSR count). The first kappa shape index (κ1) is 9.72. The van der Waals surface area contributed by atoms with E-state index < -0.39 is 0 Å². The van der Waals surface area contributed by atoms with Crippen molar-refractivity contribution in [1.82, 2.24) is 0 Å². The minimum Gasteiger partial charge on any atom is -0.396 e. The van der Waals surface area contributed by atoms with E-state index in [0.29, 0.717) is 12.5 Å². The summed E-state index contributed by atoms with van der Waals surface area (Å²) in [5, 5.41) is 9.07. The van der Waals surface area contributed by atoms with Crippen LogP contribution in [0.2, 0.25) is 0 Å². The Morgan fingerprint density at radius 2 is 1.93 bits per heavy atom. The highest BCUT2D eigenvalue weighted by atomic mass is 16.3. The smallest absolute Gasteiger partial charge is 0.0436 e. The van der Waals surface area contributed by atoms with E-state index in [2.05, 4.69) is 30.3 Å². The van der Waals surface area contributed by atoms with E-state index in [9.17, 15) is 0 Å². The molecule has 76 valence electrons. The van der Waals surface area contributed by atoms with Crippen LogP contribution in [0.3, 0.4) is 0 Å². The molecule has 0 bridgehead atoms. The molecule has 1 N–H and O–H groups in total. The summed E-state index contributed by atoms with van der Waals surface area (Å²) in [5.41, 5.74) is 1.41. The van der Waals surface area contributed by atoms with Crippen molar-refractivity contribution in [2.45, 2.75) is 31.6 Å². The molecule has 1 aliphatic rings. The average molecular weight is 190 g/mol. The lowest BCUT2D eigenvalue weighted by molar-refractivity contribution is 0.206. The molecule has 1 atom stereocenters. The van der Waals surface area contributed by atoms with Gasteiger partial charge in [-0.3, -0.25) is 0 Å². The van der Waals surface area contributed by atoms with E-state index in [-0.39, 0.29) is 0 Å². The topological polar surface area (TPSA) is 20.2 Å². The van der Waals surface area contributed by atoms with Crippen LogP contribution in [0.15, 0.2) is 30.3 Å². The fourth-order valence-corrected chi connectivity index (χ4v) is 2.36. The van der Waals surface area contributed by atoms with Gasteiger partial charge in [-0.15, -0.1) is 0 Å². The van der Waals surface area contributed by atoms with Crippen LogP contribution in [0, 0.1) is 5.92 Å². The number of benzene rings is 1. The highest BCUT2D eigenvalue weighted by Crippen LogP contribution is 2.40. The average Bonchev–Trinajstić information content (AvgIpc) is 2.16. The molecule has 14 heavy (non-hydrogen) atoms. The molecule has 1 aliphatic carbocycles. The van der Waals surface area contributed by atoms with E-state index in [1.54, 1.807) is 0 Å². The number of hydrogen-bond acceptors (Lipinski definition) is 1. The number of aliphatic hydroxyl groups excluding tert-OH is 1. The van der Waals surface area contributed by atoms with Crippen LogP contribution < -0.4 is 0 Å². The number of aliphatic hydroxyl groups is 1. The van der Waals surface area contributed by atoms with Crippen LogP contribution in [-0.2, 0) is 0 Å². The van der Waals surface area contributed by atoms with Crippen molar-refractivity contribution in [3.05, 3.63) is 35.9 Å². The molecule has 1 aromatic rings. The highest BCUT2D eigenvalue weighted by Gasteiger charge is 2.27. The second kappa shape index (κ2) is 4.61. The third-order valence-corrected chi connectivity index (χ3v) is 3.39. The first-order valence-corrected chi connectivity index (χ1v) is 5.57. The summed E-state index contributed by atoms with van der Waals surface area (Å²) in [7, 11) is 0. The third kappa shape index (κ3) is 1.98. The minimum atomic E-state index is 0.316. The van der Waals surface area contributed by atoms with E-state index in [1.165, 1.54) is 24.8 Å². The molecule has 1 unspecified atom stereocenters. The molecule has 0 radical (unpaired) electrons. The Morgan fingerprint density at radius 1 is 1.21 bits per heavy atom. The molecular weight excluding hydrogens is 172 g/mol. The second-order valence-electron chi connectivity index (χ2n) is 4.22. The summed E-state index contributed by atoms with van der Waals surface area (Å²) in [6.07, 6.45) is 4.99. The van der Waals surface area contributed by atoms with Crippen LogP contribution in [0.1, 0.15) is 37.2 Å². The predicted molar refractivity (Wildman–Crippen MR) is 58.2 cm³/mol. The third-order valence-electron chi connectivity index (χ3n) is 3.39. The van der Waals surface area contributed by atoms with Gasteiger partial charge in [-0.25, -0.2) is 0 Å². The zero-order chi connectivity index (χ0) is 9.80. The van der Waals surface area contributed by atoms with Gasteiger partial charge in [0.25, 0.3) is 0 Å². The Balaban J connectivity index is 2.09. The largest absolute Gasteiger partial charge is 0.396 e. The zero-order valence-corrected chi connectivity index (χ0v) is 8.52. The predicted octanol–water partition coefficient (Wildman–Crippen LogP) is 2.95. The SMILES string of the molecule is OCCC(c1ccccc1)C1CCC1. The lowest BCUT2D eigenvalue weighted by Gasteiger charge is -2.34. The maximum Gasteiger partial charge on any atom is 0.0436 e. The van der Waals surface area contributed by atoms with E-state index in [4.69, 9.17) is 5.11 Å². The van der Waals surface area contributed by atoms with Crippen molar-refractivity contribution in [3.8, 4) is 0 Å². The molecule has 1 fully saturated rings. The monoisotopic (exact) mass is 190 g/mol. The molecular formula is C13H18O. The maximum atomic E-state index is 9.07. The summed E-state index contributed by atoms with van der Waals surface area (Å²) in [6.45, 7) is 0.316. The van der Waals surface area contributed by atoms with Gasteiger partial charge >= 0.3 is 0 Å². The summed E-state index contributed by atoms with van der Waals surface area (Å²) < 4.78 is 0. The molecule has 0 aromatic heterocycles. The lowest BCUT2D eigenvalue weighted by Crippen LogP contribution is -2.21. The van der Waals surface area contributed by atoms with Gasteiger partial charge in [0.15, 0.2) is 0 Å². The summed E-state index contributed by atoms with van der Waals surface area (Å²) in [4.78, 5) is 0. The minimum absolute atomic E-state index is 0.316. The van der Waals surface area contributed by atoms with E-state index >= 15 is 0 Å². The fourth-order valence-electron chi connectivity index (χ4n) is 2.36. The van der Waals surface area contributed by atoms with Crippen molar-refractivity contribution in [3.63, 3.8) is 0 Å². The first-order chi connectivity index (χ1) is 6.92. The molecule has 1 nitrogen and oxygen atoms in total. The van der Waals surface area contributed by atoms with Gasteiger partial charge < -0.3 is 5.11 Å². The van der Waals surface area contributed by atoms with Gasteiger partial charge in [0.1, 0.15) is 0 Å². The summed E-state index contributed by atoms with van der Waals surface area (Å²) in [6, 6.07) is 10.6. The molecule has 1 heteroatoms. The van der Waals surface area contributed by atoms with Gasteiger partial charge in [0.2, 0.25) is 0 Å². The van der Waals surface area contributed by atoms with Gasteiger partial charge in [-0.2, -0.15) is 0 Å². The van der Waals surface area contributed by atoms with Crippen molar-refractivity contribution in [2.75, 3.05) is 6.61 Å². The highest BCUT2D eigenvalue weighted by molar-refractivity contribution is 5.20.